The fraction of sp³-hybridized carbons (Fsp3) is 0.462. The number of sulfonamides is 1. The van der Waals surface area contributed by atoms with Crippen molar-refractivity contribution < 1.29 is 18.3 Å². The number of anilines is 1. The van der Waals surface area contributed by atoms with Crippen LogP contribution in [-0.2, 0) is 10.0 Å². The molecule has 0 aliphatic carbocycles. The number of carbonyl (C=O) groups is 1. The summed E-state index contributed by atoms with van der Waals surface area (Å²) in [5, 5.41) is 8.87. The number of nitrogen functional groups attached to an aromatic ring is 1. The Hall–Kier alpha value is -1.60. The highest BCUT2D eigenvalue weighted by Gasteiger charge is 2.29. The average molecular weight is 298 g/mol. The Bertz CT molecular complexity index is 619. The van der Waals surface area contributed by atoms with Gasteiger partial charge in [-0.2, -0.15) is 4.31 Å². The summed E-state index contributed by atoms with van der Waals surface area (Å²) >= 11 is 0. The van der Waals surface area contributed by atoms with Gasteiger partial charge in [-0.1, -0.05) is 6.92 Å². The van der Waals surface area contributed by atoms with Gasteiger partial charge in [0.2, 0.25) is 10.0 Å². The van der Waals surface area contributed by atoms with Crippen molar-refractivity contribution in [1.82, 2.24) is 4.31 Å². The van der Waals surface area contributed by atoms with Crippen LogP contribution in [0.3, 0.4) is 0 Å². The van der Waals surface area contributed by atoms with Crippen LogP contribution in [0, 0.1) is 5.92 Å². The number of hydrogen-bond donors (Lipinski definition) is 2. The van der Waals surface area contributed by atoms with E-state index in [4.69, 9.17) is 10.8 Å². The van der Waals surface area contributed by atoms with Crippen LogP contribution < -0.4 is 5.73 Å². The molecule has 1 aliphatic heterocycles. The van der Waals surface area contributed by atoms with Gasteiger partial charge in [-0.3, -0.25) is 0 Å². The van der Waals surface area contributed by atoms with Crippen LogP contribution in [0.15, 0.2) is 23.1 Å². The van der Waals surface area contributed by atoms with Crippen LogP contribution >= 0.6 is 0 Å². The van der Waals surface area contributed by atoms with Gasteiger partial charge in [0.05, 0.1) is 11.3 Å². The van der Waals surface area contributed by atoms with Gasteiger partial charge in [-0.05, 0) is 37.0 Å². The van der Waals surface area contributed by atoms with Crippen LogP contribution in [0.25, 0.3) is 0 Å². The molecule has 1 fully saturated rings. The molecule has 0 radical (unpaired) electrons. The molecular weight excluding hydrogens is 280 g/mol. The molecule has 1 heterocycles. The third kappa shape index (κ3) is 2.78. The molecule has 3 N–H and O–H groups in total. The molecule has 2 rings (SSSR count). The molecule has 1 aliphatic rings. The molecule has 0 atom stereocenters. The fourth-order valence-electron chi connectivity index (χ4n) is 2.28. The molecule has 0 aromatic heterocycles. The first kappa shape index (κ1) is 14.8. The van der Waals surface area contributed by atoms with Gasteiger partial charge in [-0.25, -0.2) is 13.2 Å². The van der Waals surface area contributed by atoms with Gasteiger partial charge >= 0.3 is 5.97 Å². The van der Waals surface area contributed by atoms with Gasteiger partial charge in [0.25, 0.3) is 0 Å². The van der Waals surface area contributed by atoms with E-state index in [2.05, 4.69) is 6.92 Å². The Labute approximate surface area is 118 Å². The minimum Gasteiger partial charge on any atom is -0.478 e. The molecule has 0 amide bonds. The van der Waals surface area contributed by atoms with Crippen LogP contribution in [0.2, 0.25) is 0 Å². The van der Waals surface area contributed by atoms with Crippen molar-refractivity contribution in [3.8, 4) is 0 Å². The van der Waals surface area contributed by atoms with Crippen molar-refractivity contribution in [1.29, 1.82) is 0 Å². The summed E-state index contributed by atoms with van der Waals surface area (Å²) in [5.74, 6) is -0.611. The van der Waals surface area contributed by atoms with Gasteiger partial charge in [0.1, 0.15) is 4.90 Å². The minimum absolute atomic E-state index is 0.0166. The van der Waals surface area contributed by atoms with Gasteiger partial charge in [0, 0.05) is 13.1 Å². The Morgan fingerprint density at radius 2 is 1.95 bits per heavy atom. The van der Waals surface area contributed by atoms with E-state index in [1.165, 1.54) is 22.5 Å². The van der Waals surface area contributed by atoms with E-state index in [-0.39, 0.29) is 16.1 Å². The smallest absolute Gasteiger partial charge is 0.335 e. The van der Waals surface area contributed by atoms with E-state index in [9.17, 15) is 13.2 Å². The topological polar surface area (TPSA) is 101 Å². The largest absolute Gasteiger partial charge is 0.478 e. The van der Waals surface area contributed by atoms with Crippen molar-refractivity contribution in [2.24, 2.45) is 5.92 Å². The van der Waals surface area contributed by atoms with Gasteiger partial charge in [-0.15, -0.1) is 0 Å². The number of aromatic carboxylic acids is 1. The Morgan fingerprint density at radius 3 is 2.45 bits per heavy atom. The summed E-state index contributed by atoms with van der Waals surface area (Å²) < 4.78 is 26.4. The molecule has 0 spiro atoms. The average Bonchev–Trinajstić information content (AvgIpc) is 2.38. The van der Waals surface area contributed by atoms with Crippen molar-refractivity contribution in [2.45, 2.75) is 24.7 Å². The van der Waals surface area contributed by atoms with Crippen LogP contribution in [-0.4, -0.2) is 36.9 Å². The second-order valence-corrected chi connectivity index (χ2v) is 7.05. The number of piperidine rings is 1. The molecule has 6 nitrogen and oxygen atoms in total. The number of rotatable bonds is 3. The lowest BCUT2D eigenvalue weighted by atomic mass is 10.0. The molecule has 0 unspecified atom stereocenters. The van der Waals surface area contributed by atoms with Gasteiger partial charge < -0.3 is 10.8 Å². The van der Waals surface area contributed by atoms with E-state index < -0.39 is 16.0 Å². The number of nitrogens with zero attached hydrogens (tertiary/aromatic N) is 1. The van der Waals surface area contributed by atoms with E-state index >= 15 is 0 Å². The second-order valence-electron chi connectivity index (χ2n) is 5.14. The van der Waals surface area contributed by atoms with Crippen molar-refractivity contribution in [2.75, 3.05) is 18.8 Å². The third-order valence-corrected chi connectivity index (χ3v) is 5.59. The summed E-state index contributed by atoms with van der Waals surface area (Å²) in [7, 11) is -3.64. The third-order valence-electron chi connectivity index (χ3n) is 3.62. The van der Waals surface area contributed by atoms with Crippen molar-refractivity contribution >= 4 is 21.7 Å². The Kier molecular flexibility index (Phi) is 4.01. The standard InChI is InChI=1S/C13H18N2O4S/c1-9-4-6-15(7-5-9)20(18,19)12-3-2-10(13(16)17)8-11(12)14/h2-3,8-9H,4-7,14H2,1H3,(H,16,17). The fourth-order valence-corrected chi connectivity index (χ4v) is 3.85. The van der Waals surface area contributed by atoms with E-state index in [0.29, 0.717) is 19.0 Å². The molecular formula is C13H18N2O4S. The van der Waals surface area contributed by atoms with Crippen LogP contribution in [0.1, 0.15) is 30.1 Å². The van der Waals surface area contributed by atoms with Gasteiger partial charge in [0.15, 0.2) is 0 Å². The van der Waals surface area contributed by atoms with Crippen molar-refractivity contribution in [3.05, 3.63) is 23.8 Å². The molecule has 0 saturated carbocycles. The lowest BCUT2D eigenvalue weighted by Gasteiger charge is -2.29. The number of benzene rings is 1. The van der Waals surface area contributed by atoms with Crippen molar-refractivity contribution in [3.63, 3.8) is 0 Å². The summed E-state index contributed by atoms with van der Waals surface area (Å²) in [6.45, 7) is 3.05. The summed E-state index contributed by atoms with van der Waals surface area (Å²) in [4.78, 5) is 10.8. The molecule has 7 heteroatoms. The summed E-state index contributed by atoms with van der Waals surface area (Å²) in [5.41, 5.74) is 5.67. The SMILES string of the molecule is CC1CCN(S(=O)(=O)c2ccc(C(=O)O)cc2N)CC1. The molecule has 0 bridgehead atoms. The zero-order chi connectivity index (χ0) is 14.9. The predicted octanol–water partition coefficient (Wildman–Crippen LogP) is 1.39. The number of carboxylic acids is 1. The highest BCUT2D eigenvalue weighted by molar-refractivity contribution is 7.89. The lowest BCUT2D eigenvalue weighted by Crippen LogP contribution is -2.38. The van der Waals surface area contributed by atoms with E-state index in [0.717, 1.165) is 12.8 Å². The Morgan fingerprint density at radius 1 is 1.35 bits per heavy atom. The maximum absolute atomic E-state index is 12.5. The zero-order valence-corrected chi connectivity index (χ0v) is 12.1. The quantitative estimate of drug-likeness (QED) is 0.821. The van der Waals surface area contributed by atoms with E-state index in [1.807, 2.05) is 0 Å². The lowest BCUT2D eigenvalue weighted by molar-refractivity contribution is 0.0697. The zero-order valence-electron chi connectivity index (χ0n) is 11.2. The second kappa shape index (κ2) is 5.41. The summed E-state index contributed by atoms with van der Waals surface area (Å²) in [6.07, 6.45) is 1.65. The number of hydrogen-bond acceptors (Lipinski definition) is 4. The maximum atomic E-state index is 12.5. The summed E-state index contributed by atoms with van der Waals surface area (Å²) in [6, 6.07) is 3.71. The molecule has 20 heavy (non-hydrogen) atoms. The minimum atomic E-state index is -3.64. The molecule has 1 saturated heterocycles. The first-order chi connectivity index (χ1) is 9.32. The highest BCUT2D eigenvalue weighted by Crippen LogP contribution is 2.27. The maximum Gasteiger partial charge on any atom is 0.335 e. The number of carboxylic acid groups (broad SMARTS) is 1. The first-order valence-electron chi connectivity index (χ1n) is 6.45. The Balaban J connectivity index is 2.32. The predicted molar refractivity (Wildman–Crippen MR) is 75.0 cm³/mol. The normalized spacial score (nSPS) is 18.1. The first-order valence-corrected chi connectivity index (χ1v) is 7.89. The van der Waals surface area contributed by atoms with E-state index in [1.54, 1.807) is 0 Å². The molecule has 1 aromatic carbocycles. The molecule has 110 valence electrons. The monoisotopic (exact) mass is 298 g/mol. The van der Waals surface area contributed by atoms with Crippen LogP contribution in [0.4, 0.5) is 5.69 Å². The number of nitrogens with two attached hydrogens (primary N) is 1. The highest BCUT2D eigenvalue weighted by atomic mass is 32.2. The van der Waals surface area contributed by atoms with Crippen LogP contribution in [0.5, 0.6) is 0 Å². The molecule has 1 aromatic rings.